The summed E-state index contributed by atoms with van der Waals surface area (Å²) in [7, 11) is 0. The zero-order chi connectivity index (χ0) is 19.2. The van der Waals surface area contributed by atoms with Crippen LogP contribution in [0, 0.1) is 11.8 Å². The number of hydrogen-bond donors (Lipinski definition) is 1. The van der Waals surface area contributed by atoms with Gasteiger partial charge in [0.05, 0.1) is 0 Å². The van der Waals surface area contributed by atoms with Crippen LogP contribution in [0.4, 0.5) is 0 Å². The van der Waals surface area contributed by atoms with E-state index < -0.39 is 6.04 Å². The van der Waals surface area contributed by atoms with E-state index in [0.717, 1.165) is 25.1 Å². The van der Waals surface area contributed by atoms with Gasteiger partial charge in [-0.05, 0) is 36.0 Å². The maximum Gasteiger partial charge on any atom is 0.251 e. The molecule has 0 radical (unpaired) electrons. The molecule has 0 aliphatic carbocycles. The van der Waals surface area contributed by atoms with E-state index >= 15 is 0 Å². The average molecular weight is 364 g/mol. The van der Waals surface area contributed by atoms with Crippen LogP contribution in [0.2, 0.25) is 0 Å². The molecule has 27 heavy (non-hydrogen) atoms. The number of benzene rings is 2. The van der Waals surface area contributed by atoms with Crippen LogP contribution in [-0.2, 0) is 11.2 Å². The minimum atomic E-state index is -0.558. The van der Waals surface area contributed by atoms with Crippen LogP contribution in [-0.4, -0.2) is 35.8 Å². The summed E-state index contributed by atoms with van der Waals surface area (Å²) in [6.07, 6.45) is 1.64. The predicted octanol–water partition coefficient (Wildman–Crippen LogP) is 3.53. The van der Waals surface area contributed by atoms with E-state index in [4.69, 9.17) is 0 Å². The SMILES string of the molecule is C[C@@H]1C[C@@H](C)CN(C(=O)[C@@H](Cc2ccccc2)NC(=O)c2ccccc2)C1. The number of carbonyl (C=O) groups excluding carboxylic acids is 2. The van der Waals surface area contributed by atoms with Crippen molar-refractivity contribution in [3.8, 4) is 0 Å². The first-order chi connectivity index (χ1) is 13.0. The summed E-state index contributed by atoms with van der Waals surface area (Å²) in [6, 6.07) is 18.4. The molecule has 3 rings (SSSR count). The summed E-state index contributed by atoms with van der Waals surface area (Å²) in [4.78, 5) is 27.9. The zero-order valence-corrected chi connectivity index (χ0v) is 16.1. The minimum absolute atomic E-state index is 0.0153. The lowest BCUT2D eigenvalue weighted by molar-refractivity contribution is -0.135. The number of hydrogen-bond acceptors (Lipinski definition) is 2. The standard InChI is InChI=1S/C23H28N2O2/c1-17-13-18(2)16-25(15-17)23(27)21(14-19-9-5-3-6-10-19)24-22(26)20-11-7-4-8-12-20/h3-12,17-18,21H,13-16H2,1-2H3,(H,24,26)/t17-,18-,21-/m1/s1. The molecule has 1 fully saturated rings. The molecule has 1 aliphatic rings. The van der Waals surface area contributed by atoms with Crippen LogP contribution in [0.1, 0.15) is 36.2 Å². The quantitative estimate of drug-likeness (QED) is 0.882. The van der Waals surface area contributed by atoms with Crippen LogP contribution in [0.15, 0.2) is 60.7 Å². The van der Waals surface area contributed by atoms with Crippen LogP contribution in [0.3, 0.4) is 0 Å². The smallest absolute Gasteiger partial charge is 0.251 e. The number of carbonyl (C=O) groups is 2. The zero-order valence-electron chi connectivity index (χ0n) is 16.1. The number of amides is 2. The third kappa shape index (κ3) is 5.19. The Balaban J connectivity index is 1.78. The molecule has 4 heteroatoms. The highest BCUT2D eigenvalue weighted by Crippen LogP contribution is 2.22. The van der Waals surface area contributed by atoms with Crippen LogP contribution in [0.5, 0.6) is 0 Å². The van der Waals surface area contributed by atoms with Gasteiger partial charge in [0.1, 0.15) is 6.04 Å². The molecule has 1 aliphatic heterocycles. The Morgan fingerprint density at radius 3 is 2.11 bits per heavy atom. The van der Waals surface area contributed by atoms with Gasteiger partial charge in [0.25, 0.3) is 5.91 Å². The fourth-order valence-electron chi connectivity index (χ4n) is 3.94. The van der Waals surface area contributed by atoms with Crippen molar-refractivity contribution in [3.63, 3.8) is 0 Å². The van der Waals surface area contributed by atoms with Crippen molar-refractivity contribution < 1.29 is 9.59 Å². The molecule has 2 aromatic carbocycles. The molecule has 0 aromatic heterocycles. The Morgan fingerprint density at radius 1 is 0.963 bits per heavy atom. The molecule has 0 spiro atoms. The Morgan fingerprint density at radius 2 is 1.52 bits per heavy atom. The van der Waals surface area contributed by atoms with Gasteiger partial charge >= 0.3 is 0 Å². The molecular formula is C23H28N2O2. The molecule has 1 heterocycles. The van der Waals surface area contributed by atoms with Crippen molar-refractivity contribution in [1.82, 2.24) is 10.2 Å². The lowest BCUT2D eigenvalue weighted by atomic mass is 9.91. The lowest BCUT2D eigenvalue weighted by Crippen LogP contribution is -2.53. The van der Waals surface area contributed by atoms with E-state index in [2.05, 4.69) is 19.2 Å². The van der Waals surface area contributed by atoms with Crippen LogP contribution in [0.25, 0.3) is 0 Å². The van der Waals surface area contributed by atoms with Gasteiger partial charge in [0, 0.05) is 25.1 Å². The largest absolute Gasteiger partial charge is 0.340 e. The van der Waals surface area contributed by atoms with Gasteiger partial charge in [-0.2, -0.15) is 0 Å². The molecule has 1 saturated heterocycles. The maximum absolute atomic E-state index is 13.3. The Hall–Kier alpha value is -2.62. The fourth-order valence-corrected chi connectivity index (χ4v) is 3.94. The van der Waals surface area contributed by atoms with Crippen molar-refractivity contribution in [2.24, 2.45) is 11.8 Å². The van der Waals surface area contributed by atoms with Crippen LogP contribution < -0.4 is 5.32 Å². The van der Waals surface area contributed by atoms with Crippen molar-refractivity contribution in [2.45, 2.75) is 32.7 Å². The number of nitrogens with one attached hydrogen (secondary N) is 1. The molecule has 3 atom stereocenters. The molecule has 142 valence electrons. The lowest BCUT2D eigenvalue weighted by Gasteiger charge is -2.37. The summed E-state index contributed by atoms with van der Waals surface area (Å²) in [5.41, 5.74) is 1.62. The highest BCUT2D eigenvalue weighted by atomic mass is 16.2. The van der Waals surface area contributed by atoms with Gasteiger partial charge in [-0.15, -0.1) is 0 Å². The highest BCUT2D eigenvalue weighted by molar-refractivity contribution is 5.97. The third-order valence-corrected chi connectivity index (χ3v) is 5.10. The Kier molecular flexibility index (Phi) is 6.28. The molecule has 0 bridgehead atoms. The molecule has 0 unspecified atom stereocenters. The first kappa shape index (κ1) is 19.2. The minimum Gasteiger partial charge on any atom is -0.340 e. The molecule has 4 nitrogen and oxygen atoms in total. The number of rotatable bonds is 5. The van der Waals surface area contributed by atoms with Crippen molar-refractivity contribution in [2.75, 3.05) is 13.1 Å². The van der Waals surface area contributed by atoms with E-state index in [1.165, 1.54) is 0 Å². The molecule has 0 saturated carbocycles. The number of nitrogens with zero attached hydrogens (tertiary/aromatic N) is 1. The first-order valence-corrected chi connectivity index (χ1v) is 9.71. The molecule has 1 N–H and O–H groups in total. The molecule has 2 amide bonds. The third-order valence-electron chi connectivity index (χ3n) is 5.10. The highest BCUT2D eigenvalue weighted by Gasteiger charge is 2.31. The van der Waals surface area contributed by atoms with E-state index in [-0.39, 0.29) is 11.8 Å². The summed E-state index contributed by atoms with van der Waals surface area (Å²) < 4.78 is 0. The molecule has 2 aromatic rings. The maximum atomic E-state index is 13.3. The summed E-state index contributed by atoms with van der Waals surface area (Å²) in [5.74, 6) is 0.782. The topological polar surface area (TPSA) is 49.4 Å². The van der Waals surface area contributed by atoms with Gasteiger partial charge in [0.2, 0.25) is 5.91 Å². The first-order valence-electron chi connectivity index (χ1n) is 9.71. The average Bonchev–Trinajstić information content (AvgIpc) is 2.67. The van der Waals surface area contributed by atoms with Gasteiger partial charge in [-0.25, -0.2) is 0 Å². The van der Waals surface area contributed by atoms with Crippen molar-refractivity contribution in [1.29, 1.82) is 0 Å². The fraction of sp³-hybridized carbons (Fsp3) is 0.391. The van der Waals surface area contributed by atoms with E-state index in [1.54, 1.807) is 12.1 Å². The van der Waals surface area contributed by atoms with E-state index in [0.29, 0.717) is 23.8 Å². The number of piperidine rings is 1. The van der Waals surface area contributed by atoms with Gasteiger partial charge in [0.15, 0.2) is 0 Å². The monoisotopic (exact) mass is 364 g/mol. The Bertz CT molecular complexity index is 750. The number of likely N-dealkylation sites (tertiary alicyclic amines) is 1. The molecular weight excluding hydrogens is 336 g/mol. The second-order valence-corrected chi connectivity index (χ2v) is 7.77. The summed E-state index contributed by atoms with van der Waals surface area (Å²) in [6.45, 7) is 5.89. The van der Waals surface area contributed by atoms with Crippen LogP contribution >= 0.6 is 0 Å². The van der Waals surface area contributed by atoms with E-state index in [1.807, 2.05) is 53.4 Å². The second kappa shape index (κ2) is 8.85. The predicted molar refractivity (Wildman–Crippen MR) is 107 cm³/mol. The normalized spacial score (nSPS) is 20.7. The summed E-state index contributed by atoms with van der Waals surface area (Å²) in [5, 5.41) is 2.98. The van der Waals surface area contributed by atoms with Gasteiger partial charge in [-0.1, -0.05) is 62.4 Å². The van der Waals surface area contributed by atoms with Crippen molar-refractivity contribution in [3.05, 3.63) is 71.8 Å². The summed E-state index contributed by atoms with van der Waals surface area (Å²) >= 11 is 0. The second-order valence-electron chi connectivity index (χ2n) is 7.77. The van der Waals surface area contributed by atoms with Gasteiger partial charge in [-0.3, -0.25) is 9.59 Å². The van der Waals surface area contributed by atoms with Crippen molar-refractivity contribution >= 4 is 11.8 Å². The van der Waals surface area contributed by atoms with E-state index in [9.17, 15) is 9.59 Å². The Labute approximate surface area is 161 Å². The van der Waals surface area contributed by atoms with Gasteiger partial charge < -0.3 is 10.2 Å².